The number of aliphatic hydroxyl groups excluding tert-OH is 1. The number of benzene rings is 1. The molecule has 1 aromatic carbocycles. The van der Waals surface area contributed by atoms with Crippen LogP contribution in [-0.2, 0) is 0 Å². The monoisotopic (exact) mass is 340 g/mol. The summed E-state index contributed by atoms with van der Waals surface area (Å²) in [5.41, 5.74) is 6.81. The van der Waals surface area contributed by atoms with Gasteiger partial charge in [-0.25, -0.2) is 0 Å². The predicted molar refractivity (Wildman–Crippen MR) is 83.4 cm³/mol. The van der Waals surface area contributed by atoms with Crippen LogP contribution in [0.3, 0.4) is 0 Å². The fourth-order valence-electron chi connectivity index (χ4n) is 2.84. The first kappa shape index (κ1) is 15.3. The van der Waals surface area contributed by atoms with Crippen LogP contribution in [0, 0.1) is 11.8 Å². The molecule has 0 aliphatic heterocycles. The maximum absolute atomic E-state index is 12.2. The van der Waals surface area contributed by atoms with Crippen molar-refractivity contribution in [2.75, 3.05) is 18.9 Å². The second-order valence-corrected chi connectivity index (χ2v) is 6.34. The standard InChI is InChI=1S/C15H21BrN2O2/c16-12-5-6-14(17)13(7-12)15(20)18-8-10-3-1-2-4-11(10)9-19/h5-7,10-11,19H,1-4,8-9,17H2,(H,18,20). The predicted octanol–water partition coefficient (Wildman–Crippen LogP) is 2.56. The summed E-state index contributed by atoms with van der Waals surface area (Å²) >= 11 is 3.34. The average Bonchev–Trinajstić information content (AvgIpc) is 2.47. The molecular weight excluding hydrogens is 320 g/mol. The van der Waals surface area contributed by atoms with Crippen molar-refractivity contribution in [3.63, 3.8) is 0 Å². The first-order chi connectivity index (χ1) is 9.61. The highest BCUT2D eigenvalue weighted by Gasteiger charge is 2.25. The summed E-state index contributed by atoms with van der Waals surface area (Å²) in [7, 11) is 0. The van der Waals surface area contributed by atoms with E-state index in [0.717, 1.165) is 17.3 Å². The molecule has 4 N–H and O–H groups in total. The number of nitrogens with one attached hydrogen (secondary N) is 1. The van der Waals surface area contributed by atoms with Gasteiger partial charge in [0.05, 0.1) is 5.56 Å². The van der Waals surface area contributed by atoms with E-state index in [9.17, 15) is 9.90 Å². The van der Waals surface area contributed by atoms with Crippen LogP contribution >= 0.6 is 15.9 Å². The Bertz CT molecular complexity index is 479. The topological polar surface area (TPSA) is 75.4 Å². The van der Waals surface area contributed by atoms with E-state index in [1.165, 1.54) is 12.8 Å². The molecule has 0 heterocycles. The molecule has 20 heavy (non-hydrogen) atoms. The molecule has 1 aromatic rings. The summed E-state index contributed by atoms with van der Waals surface area (Å²) in [5.74, 6) is 0.529. The first-order valence-corrected chi connectivity index (χ1v) is 7.85. The van der Waals surface area contributed by atoms with E-state index >= 15 is 0 Å². The lowest BCUT2D eigenvalue weighted by Crippen LogP contribution is -2.35. The SMILES string of the molecule is Nc1ccc(Br)cc1C(=O)NCC1CCCCC1CO. The van der Waals surface area contributed by atoms with Crippen LogP contribution < -0.4 is 11.1 Å². The van der Waals surface area contributed by atoms with Crippen LogP contribution in [0.1, 0.15) is 36.0 Å². The largest absolute Gasteiger partial charge is 0.398 e. The van der Waals surface area contributed by atoms with Crippen molar-refractivity contribution in [2.45, 2.75) is 25.7 Å². The molecule has 1 saturated carbocycles. The molecule has 2 atom stereocenters. The molecule has 2 unspecified atom stereocenters. The van der Waals surface area contributed by atoms with Crippen molar-refractivity contribution in [1.29, 1.82) is 0 Å². The normalized spacial score (nSPS) is 22.5. The second kappa shape index (κ2) is 7.09. The van der Waals surface area contributed by atoms with Crippen LogP contribution in [0.2, 0.25) is 0 Å². The Morgan fingerprint density at radius 1 is 1.35 bits per heavy atom. The minimum Gasteiger partial charge on any atom is -0.398 e. The minimum atomic E-state index is -0.147. The van der Waals surface area contributed by atoms with E-state index in [1.807, 2.05) is 6.07 Å². The summed E-state index contributed by atoms with van der Waals surface area (Å²) in [6.45, 7) is 0.815. The van der Waals surface area contributed by atoms with Crippen LogP contribution in [0.15, 0.2) is 22.7 Å². The van der Waals surface area contributed by atoms with E-state index in [-0.39, 0.29) is 12.5 Å². The van der Waals surface area contributed by atoms with Gasteiger partial charge in [0.25, 0.3) is 5.91 Å². The van der Waals surface area contributed by atoms with Gasteiger partial charge < -0.3 is 16.2 Å². The molecular formula is C15H21BrN2O2. The van der Waals surface area contributed by atoms with Gasteiger partial charge in [-0.1, -0.05) is 28.8 Å². The van der Waals surface area contributed by atoms with Gasteiger partial charge in [0, 0.05) is 23.3 Å². The van der Waals surface area contributed by atoms with Crippen molar-refractivity contribution >= 4 is 27.5 Å². The highest BCUT2D eigenvalue weighted by atomic mass is 79.9. The third-order valence-electron chi connectivity index (χ3n) is 4.09. The summed E-state index contributed by atoms with van der Waals surface area (Å²) in [4.78, 5) is 12.2. The molecule has 0 radical (unpaired) electrons. The van der Waals surface area contributed by atoms with Gasteiger partial charge in [0.1, 0.15) is 0 Å². The lowest BCUT2D eigenvalue weighted by molar-refractivity contribution is 0.0910. The Morgan fingerprint density at radius 3 is 2.75 bits per heavy atom. The van der Waals surface area contributed by atoms with Crippen LogP contribution in [-0.4, -0.2) is 24.2 Å². The third-order valence-corrected chi connectivity index (χ3v) is 4.58. The number of hydrogen-bond donors (Lipinski definition) is 3. The number of anilines is 1. The fourth-order valence-corrected chi connectivity index (χ4v) is 3.20. The molecule has 1 aliphatic carbocycles. The smallest absolute Gasteiger partial charge is 0.253 e. The van der Waals surface area contributed by atoms with E-state index in [4.69, 9.17) is 5.73 Å². The van der Waals surface area contributed by atoms with Crippen molar-refractivity contribution in [3.05, 3.63) is 28.2 Å². The van der Waals surface area contributed by atoms with Crippen LogP contribution in [0.5, 0.6) is 0 Å². The van der Waals surface area contributed by atoms with E-state index < -0.39 is 0 Å². The Balaban J connectivity index is 1.96. The minimum absolute atomic E-state index is 0.147. The summed E-state index contributed by atoms with van der Waals surface area (Å²) in [5, 5.41) is 12.3. The van der Waals surface area contributed by atoms with Crippen molar-refractivity contribution < 1.29 is 9.90 Å². The summed E-state index contributed by atoms with van der Waals surface area (Å²) in [6.07, 6.45) is 4.47. The van der Waals surface area contributed by atoms with Gasteiger partial charge in [-0.05, 0) is 42.9 Å². The average molecular weight is 341 g/mol. The molecule has 2 rings (SSSR count). The van der Waals surface area contributed by atoms with Gasteiger partial charge >= 0.3 is 0 Å². The third kappa shape index (κ3) is 3.73. The maximum Gasteiger partial charge on any atom is 0.253 e. The molecule has 1 fully saturated rings. The Kier molecular flexibility index (Phi) is 5.43. The van der Waals surface area contributed by atoms with E-state index in [0.29, 0.717) is 29.6 Å². The molecule has 1 amide bonds. The first-order valence-electron chi connectivity index (χ1n) is 7.06. The zero-order chi connectivity index (χ0) is 14.5. The number of rotatable bonds is 4. The van der Waals surface area contributed by atoms with E-state index in [1.54, 1.807) is 12.1 Å². The Morgan fingerprint density at radius 2 is 2.05 bits per heavy atom. The number of hydrogen-bond acceptors (Lipinski definition) is 3. The van der Waals surface area contributed by atoms with E-state index in [2.05, 4.69) is 21.2 Å². The lowest BCUT2D eigenvalue weighted by Gasteiger charge is -2.30. The fraction of sp³-hybridized carbons (Fsp3) is 0.533. The highest BCUT2D eigenvalue weighted by Crippen LogP contribution is 2.29. The molecule has 5 heteroatoms. The quantitative estimate of drug-likeness (QED) is 0.737. The summed E-state index contributed by atoms with van der Waals surface area (Å²) in [6, 6.07) is 5.26. The molecule has 1 aliphatic rings. The van der Waals surface area contributed by atoms with Gasteiger partial charge in [-0.15, -0.1) is 0 Å². The van der Waals surface area contributed by atoms with Crippen molar-refractivity contribution in [2.24, 2.45) is 11.8 Å². The van der Waals surface area contributed by atoms with Crippen molar-refractivity contribution in [3.8, 4) is 0 Å². The molecule has 4 nitrogen and oxygen atoms in total. The number of carbonyl (C=O) groups excluding carboxylic acids is 1. The zero-order valence-electron chi connectivity index (χ0n) is 11.4. The lowest BCUT2D eigenvalue weighted by atomic mass is 9.79. The zero-order valence-corrected chi connectivity index (χ0v) is 13.0. The molecule has 0 saturated heterocycles. The molecule has 110 valence electrons. The molecule has 0 bridgehead atoms. The number of aliphatic hydroxyl groups is 1. The van der Waals surface area contributed by atoms with Crippen LogP contribution in [0.25, 0.3) is 0 Å². The summed E-state index contributed by atoms with van der Waals surface area (Å²) < 4.78 is 0.836. The van der Waals surface area contributed by atoms with Gasteiger partial charge in [0.15, 0.2) is 0 Å². The van der Waals surface area contributed by atoms with Crippen LogP contribution in [0.4, 0.5) is 5.69 Å². The van der Waals surface area contributed by atoms with Gasteiger partial charge in [0.2, 0.25) is 0 Å². The molecule has 0 aromatic heterocycles. The number of carbonyl (C=O) groups is 1. The Hall–Kier alpha value is -1.07. The Labute approximate surface area is 127 Å². The van der Waals surface area contributed by atoms with Gasteiger partial charge in [-0.2, -0.15) is 0 Å². The number of halogens is 1. The van der Waals surface area contributed by atoms with Crippen molar-refractivity contribution in [1.82, 2.24) is 5.32 Å². The highest BCUT2D eigenvalue weighted by molar-refractivity contribution is 9.10. The maximum atomic E-state index is 12.2. The van der Waals surface area contributed by atoms with Gasteiger partial charge in [-0.3, -0.25) is 4.79 Å². The number of amides is 1. The number of nitrogen functional groups attached to an aromatic ring is 1. The second-order valence-electron chi connectivity index (χ2n) is 5.43. The number of nitrogens with two attached hydrogens (primary N) is 1. The molecule has 0 spiro atoms.